The third kappa shape index (κ3) is 3.65. The maximum Gasteiger partial charge on any atom is 0.273 e. The van der Waals surface area contributed by atoms with Crippen molar-refractivity contribution < 1.29 is 14.1 Å². The topological polar surface area (TPSA) is 81.4 Å². The molecular weight excluding hydrogens is 364 g/mol. The standard InChI is InChI=1S/C19H24N4O3S/c24-18(15-11-27-12-20-15)23-6-4-19(5-7-23)10-13(3-8-25-19)9-16-21-17(26-22-16)14-1-2-14/h11-14H,1-10H2. The molecule has 8 heteroatoms. The van der Waals surface area contributed by atoms with Crippen LogP contribution >= 0.6 is 11.3 Å². The van der Waals surface area contributed by atoms with Crippen molar-refractivity contribution in [3.8, 4) is 0 Å². The average Bonchev–Trinajstić information content (AvgIpc) is 3.18. The summed E-state index contributed by atoms with van der Waals surface area (Å²) in [7, 11) is 0. The Labute approximate surface area is 162 Å². The number of carbonyl (C=O) groups is 1. The van der Waals surface area contributed by atoms with E-state index in [-0.39, 0.29) is 11.5 Å². The molecule has 3 aliphatic rings. The molecule has 1 amide bonds. The summed E-state index contributed by atoms with van der Waals surface area (Å²) in [5.41, 5.74) is 2.16. The fraction of sp³-hybridized carbons (Fsp3) is 0.684. The fourth-order valence-electron chi connectivity index (χ4n) is 4.35. The Morgan fingerprint density at radius 3 is 2.89 bits per heavy atom. The molecular formula is C19H24N4O3S. The van der Waals surface area contributed by atoms with E-state index >= 15 is 0 Å². The van der Waals surface area contributed by atoms with Gasteiger partial charge in [0.2, 0.25) is 5.89 Å². The molecule has 144 valence electrons. The third-order valence-electron chi connectivity index (χ3n) is 6.09. The van der Waals surface area contributed by atoms with E-state index in [1.54, 1.807) is 5.51 Å². The van der Waals surface area contributed by atoms with Crippen LogP contribution in [0.15, 0.2) is 15.4 Å². The van der Waals surface area contributed by atoms with Crippen molar-refractivity contribution in [2.45, 2.75) is 56.5 Å². The number of piperidine rings is 1. The number of rotatable bonds is 4. The van der Waals surface area contributed by atoms with Gasteiger partial charge in [-0.2, -0.15) is 4.98 Å². The van der Waals surface area contributed by atoms with Crippen LogP contribution in [0.1, 0.15) is 66.6 Å². The van der Waals surface area contributed by atoms with Crippen molar-refractivity contribution >= 4 is 17.2 Å². The number of ether oxygens (including phenoxy) is 1. The zero-order valence-electron chi connectivity index (χ0n) is 15.3. The third-order valence-corrected chi connectivity index (χ3v) is 6.68. The summed E-state index contributed by atoms with van der Waals surface area (Å²) in [6.45, 7) is 2.24. The molecule has 0 N–H and O–H groups in total. The van der Waals surface area contributed by atoms with E-state index in [1.165, 1.54) is 24.2 Å². The lowest BCUT2D eigenvalue weighted by Crippen LogP contribution is -2.51. The maximum absolute atomic E-state index is 12.5. The number of aromatic nitrogens is 3. The van der Waals surface area contributed by atoms with Crippen LogP contribution in [0.3, 0.4) is 0 Å². The fourth-order valence-corrected chi connectivity index (χ4v) is 4.88. The number of thiazole rings is 1. The predicted octanol–water partition coefficient (Wildman–Crippen LogP) is 3.05. The van der Waals surface area contributed by atoms with Crippen molar-refractivity contribution in [2.75, 3.05) is 19.7 Å². The Bertz CT molecular complexity index is 794. The molecule has 7 nitrogen and oxygen atoms in total. The van der Waals surface area contributed by atoms with Crippen molar-refractivity contribution in [3.05, 3.63) is 28.3 Å². The zero-order chi connectivity index (χ0) is 18.3. The van der Waals surface area contributed by atoms with Crippen molar-refractivity contribution in [3.63, 3.8) is 0 Å². The molecule has 0 aromatic carbocycles. The summed E-state index contributed by atoms with van der Waals surface area (Å²) in [6, 6.07) is 0. The molecule has 0 radical (unpaired) electrons. The zero-order valence-corrected chi connectivity index (χ0v) is 16.1. The second kappa shape index (κ2) is 6.98. The van der Waals surface area contributed by atoms with Crippen LogP contribution in [-0.2, 0) is 11.2 Å². The number of hydrogen-bond acceptors (Lipinski definition) is 7. The summed E-state index contributed by atoms with van der Waals surface area (Å²) >= 11 is 1.46. The van der Waals surface area contributed by atoms with Crippen LogP contribution < -0.4 is 0 Å². The number of hydrogen-bond donors (Lipinski definition) is 0. The summed E-state index contributed by atoms with van der Waals surface area (Å²) in [6.07, 6.45) is 7.05. The van der Waals surface area contributed by atoms with Crippen LogP contribution in [0.2, 0.25) is 0 Å². The first-order valence-corrected chi connectivity index (χ1v) is 10.8. The molecule has 27 heavy (non-hydrogen) atoms. The first-order valence-electron chi connectivity index (χ1n) is 9.85. The molecule has 2 aromatic rings. The highest BCUT2D eigenvalue weighted by atomic mass is 32.1. The van der Waals surface area contributed by atoms with E-state index in [1.807, 2.05) is 10.3 Å². The van der Waals surface area contributed by atoms with Crippen molar-refractivity contribution in [2.24, 2.45) is 5.92 Å². The van der Waals surface area contributed by atoms with Crippen LogP contribution in [0, 0.1) is 5.92 Å². The SMILES string of the molecule is O=C(c1cscn1)N1CCC2(CC1)CC(Cc1noc(C3CC3)n1)CCO2. The summed E-state index contributed by atoms with van der Waals surface area (Å²) in [5.74, 6) is 2.73. The van der Waals surface area contributed by atoms with E-state index in [0.29, 0.717) is 17.5 Å². The van der Waals surface area contributed by atoms with Crippen LogP contribution in [-0.4, -0.2) is 51.2 Å². The van der Waals surface area contributed by atoms with Crippen LogP contribution in [0.25, 0.3) is 0 Å². The molecule has 1 unspecified atom stereocenters. The lowest BCUT2D eigenvalue weighted by Gasteiger charge is -2.46. The number of carbonyl (C=O) groups excluding carboxylic acids is 1. The number of likely N-dealkylation sites (tertiary alicyclic amines) is 1. The van der Waals surface area contributed by atoms with Crippen molar-refractivity contribution in [1.29, 1.82) is 0 Å². The monoisotopic (exact) mass is 388 g/mol. The minimum absolute atomic E-state index is 0.0397. The average molecular weight is 388 g/mol. The van der Waals surface area contributed by atoms with Gasteiger partial charge < -0.3 is 14.2 Å². The summed E-state index contributed by atoms with van der Waals surface area (Å²) in [4.78, 5) is 23.1. The van der Waals surface area contributed by atoms with Crippen LogP contribution in [0.4, 0.5) is 0 Å². The van der Waals surface area contributed by atoms with E-state index in [2.05, 4.69) is 15.1 Å². The maximum atomic E-state index is 12.5. The van der Waals surface area contributed by atoms with E-state index in [4.69, 9.17) is 9.26 Å². The molecule has 2 saturated heterocycles. The minimum atomic E-state index is -0.106. The molecule has 5 rings (SSSR count). The smallest absolute Gasteiger partial charge is 0.273 e. The van der Waals surface area contributed by atoms with E-state index in [0.717, 1.165) is 63.5 Å². The van der Waals surface area contributed by atoms with Gasteiger partial charge in [-0.15, -0.1) is 11.3 Å². The molecule has 0 bridgehead atoms. The van der Waals surface area contributed by atoms with Crippen LogP contribution in [0.5, 0.6) is 0 Å². The van der Waals surface area contributed by atoms with Gasteiger partial charge in [-0.3, -0.25) is 4.79 Å². The number of nitrogens with zero attached hydrogens (tertiary/aromatic N) is 4. The van der Waals surface area contributed by atoms with Gasteiger partial charge in [0, 0.05) is 37.4 Å². The first kappa shape index (κ1) is 17.3. The lowest BCUT2D eigenvalue weighted by atomic mass is 9.78. The molecule has 2 aromatic heterocycles. The Kier molecular flexibility index (Phi) is 4.47. The second-order valence-corrected chi connectivity index (χ2v) is 8.80. The van der Waals surface area contributed by atoms with Gasteiger partial charge in [0.15, 0.2) is 5.82 Å². The van der Waals surface area contributed by atoms with E-state index in [9.17, 15) is 4.79 Å². The van der Waals surface area contributed by atoms with Gasteiger partial charge in [-0.1, -0.05) is 5.16 Å². The first-order chi connectivity index (χ1) is 13.2. The van der Waals surface area contributed by atoms with E-state index < -0.39 is 0 Å². The highest BCUT2D eigenvalue weighted by molar-refractivity contribution is 7.07. The highest BCUT2D eigenvalue weighted by Gasteiger charge is 2.41. The molecule has 1 spiro atoms. The molecule has 1 saturated carbocycles. The van der Waals surface area contributed by atoms with Gasteiger partial charge in [-0.25, -0.2) is 4.98 Å². The summed E-state index contributed by atoms with van der Waals surface area (Å²) in [5, 5.41) is 6.00. The Morgan fingerprint density at radius 1 is 1.30 bits per heavy atom. The number of amides is 1. The van der Waals surface area contributed by atoms with Gasteiger partial charge in [-0.05, 0) is 44.4 Å². The predicted molar refractivity (Wildman–Crippen MR) is 98.6 cm³/mol. The Balaban J connectivity index is 1.18. The highest BCUT2D eigenvalue weighted by Crippen LogP contribution is 2.40. The Hall–Kier alpha value is -1.80. The second-order valence-electron chi connectivity index (χ2n) is 8.08. The normalized spacial score (nSPS) is 25.0. The molecule has 3 fully saturated rings. The molecule has 1 atom stereocenters. The van der Waals surface area contributed by atoms with Gasteiger partial charge >= 0.3 is 0 Å². The molecule has 4 heterocycles. The quantitative estimate of drug-likeness (QED) is 0.801. The van der Waals surface area contributed by atoms with Gasteiger partial charge in [0.1, 0.15) is 5.69 Å². The minimum Gasteiger partial charge on any atom is -0.375 e. The largest absolute Gasteiger partial charge is 0.375 e. The van der Waals surface area contributed by atoms with Crippen molar-refractivity contribution in [1.82, 2.24) is 20.0 Å². The Morgan fingerprint density at radius 2 is 2.15 bits per heavy atom. The lowest BCUT2D eigenvalue weighted by molar-refractivity contribution is -0.123. The summed E-state index contributed by atoms with van der Waals surface area (Å²) < 4.78 is 11.6. The van der Waals surface area contributed by atoms with Gasteiger partial charge in [0.05, 0.1) is 11.1 Å². The molecule has 2 aliphatic heterocycles. The molecule has 1 aliphatic carbocycles. The van der Waals surface area contributed by atoms with Gasteiger partial charge in [0.25, 0.3) is 5.91 Å².